The van der Waals surface area contributed by atoms with Crippen molar-refractivity contribution in [3.63, 3.8) is 0 Å². The van der Waals surface area contributed by atoms with Gasteiger partial charge in [0.2, 0.25) is 0 Å². The number of hydrogen-bond donors (Lipinski definition) is 8. The minimum Gasteiger partial charge on any atom is -0.396 e. The Labute approximate surface area is 243 Å². The van der Waals surface area contributed by atoms with Crippen LogP contribution in [0, 0.1) is 0 Å². The molecule has 0 unspecified atom stereocenters. The van der Waals surface area contributed by atoms with Gasteiger partial charge >= 0.3 is 0 Å². The zero-order chi connectivity index (χ0) is 28.0. The van der Waals surface area contributed by atoms with Gasteiger partial charge in [0.15, 0.2) is 0 Å². The van der Waals surface area contributed by atoms with Crippen molar-refractivity contribution in [1.82, 2.24) is 0 Å². The van der Waals surface area contributed by atoms with Gasteiger partial charge in [-0.3, -0.25) is 0 Å². The van der Waals surface area contributed by atoms with Crippen molar-refractivity contribution < 1.29 is 84.3 Å². The zero-order valence-corrected chi connectivity index (χ0v) is 27.7. The van der Waals surface area contributed by atoms with Crippen LogP contribution in [0.4, 0.5) is 0 Å². The number of hydrogen-bond acceptors (Lipinski definition) is 8. The summed E-state index contributed by atoms with van der Waals surface area (Å²) >= 11 is 0. The van der Waals surface area contributed by atoms with Gasteiger partial charge in [0.05, 0.1) is 0 Å². The summed E-state index contributed by atoms with van der Waals surface area (Å²) in [6.07, 6.45) is 2.83. The zero-order valence-electron chi connectivity index (χ0n) is 24.5. The summed E-state index contributed by atoms with van der Waals surface area (Å²) in [6, 6.07) is 0. The molecule has 0 amide bonds. The molecule has 10 heteroatoms. The summed E-state index contributed by atoms with van der Waals surface area (Å²) in [6.45, 7) is 22.8. The molecule has 0 bridgehead atoms. The molecule has 0 rings (SSSR count). The third-order valence-electron chi connectivity index (χ3n) is 0.894. The van der Waals surface area contributed by atoms with E-state index in [4.69, 9.17) is 40.9 Å². The van der Waals surface area contributed by atoms with E-state index in [0.29, 0.717) is 26.4 Å². The molecular formula is C24H64O8Ti2. The van der Waals surface area contributed by atoms with Crippen LogP contribution >= 0.6 is 0 Å². The summed E-state index contributed by atoms with van der Waals surface area (Å²) < 4.78 is 0. The maximum Gasteiger partial charge on any atom is 0.0483 e. The van der Waals surface area contributed by atoms with Crippen LogP contribution in [-0.2, 0) is 43.4 Å². The molecule has 0 heterocycles. The van der Waals surface area contributed by atoms with E-state index < -0.39 is 0 Å². The minimum atomic E-state index is -0.167. The third kappa shape index (κ3) is 1310. The van der Waals surface area contributed by atoms with E-state index in [0.717, 1.165) is 25.7 Å². The molecule has 0 atom stereocenters. The average molecular weight is 577 g/mol. The number of aliphatic hydroxyl groups excluding tert-OH is 8. The molecule has 0 saturated carbocycles. The molecule has 8 nitrogen and oxygen atoms in total. The van der Waals surface area contributed by atoms with E-state index in [2.05, 4.69) is 0 Å². The molecule has 8 N–H and O–H groups in total. The molecule has 0 spiro atoms. The van der Waals surface area contributed by atoms with Gasteiger partial charge in [-0.1, -0.05) is 27.7 Å². The van der Waals surface area contributed by atoms with E-state index in [-0.39, 0.29) is 67.9 Å². The predicted molar refractivity (Wildman–Crippen MR) is 139 cm³/mol. The second-order valence-corrected chi connectivity index (χ2v) is 7.27. The summed E-state index contributed by atoms with van der Waals surface area (Å²) in [4.78, 5) is 0. The molecule has 216 valence electrons. The summed E-state index contributed by atoms with van der Waals surface area (Å²) in [7, 11) is 0. The first kappa shape index (κ1) is 64.8. The second-order valence-electron chi connectivity index (χ2n) is 7.27. The van der Waals surface area contributed by atoms with Crippen LogP contribution in [0.5, 0.6) is 0 Å². The quantitative estimate of drug-likeness (QED) is 0.237. The molecule has 0 aromatic heterocycles. The SMILES string of the molecule is CC(C)O.CC(C)O.CC(C)O.CC(C)O.CCCO.CCCO.CCCO.CCCO.[Ti].[Ti]. The van der Waals surface area contributed by atoms with Gasteiger partial charge in [0.25, 0.3) is 0 Å². The van der Waals surface area contributed by atoms with E-state index in [1.165, 1.54) is 0 Å². The van der Waals surface area contributed by atoms with Crippen LogP contribution in [0.3, 0.4) is 0 Å². The summed E-state index contributed by atoms with van der Waals surface area (Å²) in [5.74, 6) is 0. The van der Waals surface area contributed by atoms with Crippen LogP contribution < -0.4 is 0 Å². The molecule has 0 aliphatic carbocycles. The van der Waals surface area contributed by atoms with Crippen molar-refractivity contribution in [3.05, 3.63) is 0 Å². The third-order valence-corrected chi connectivity index (χ3v) is 0.894. The van der Waals surface area contributed by atoms with Gasteiger partial charge in [0, 0.05) is 94.3 Å². The molecule has 34 heavy (non-hydrogen) atoms. The van der Waals surface area contributed by atoms with Crippen LogP contribution in [0.25, 0.3) is 0 Å². The molecular weight excluding hydrogens is 512 g/mol. The Morgan fingerprint density at radius 1 is 0.353 bits per heavy atom. The fourth-order valence-corrected chi connectivity index (χ4v) is 0. The maximum absolute atomic E-state index is 8.06. The Hall–Kier alpha value is 1.11. The Kier molecular flexibility index (Phi) is 160. The molecule has 0 fully saturated rings. The van der Waals surface area contributed by atoms with Gasteiger partial charge in [-0.2, -0.15) is 0 Å². The van der Waals surface area contributed by atoms with Crippen molar-refractivity contribution in [2.45, 2.75) is 133 Å². The van der Waals surface area contributed by atoms with Gasteiger partial charge in [0.1, 0.15) is 0 Å². The number of rotatable bonds is 4. The van der Waals surface area contributed by atoms with E-state index in [1.54, 1.807) is 55.4 Å². The topological polar surface area (TPSA) is 162 Å². The van der Waals surface area contributed by atoms with Crippen molar-refractivity contribution in [3.8, 4) is 0 Å². The molecule has 0 saturated heterocycles. The monoisotopic (exact) mass is 576 g/mol. The fraction of sp³-hybridized carbons (Fsp3) is 1.00. The Balaban J connectivity index is -0.0000000240. The van der Waals surface area contributed by atoms with Gasteiger partial charge in [-0.05, 0) is 81.1 Å². The molecule has 0 aliphatic heterocycles. The van der Waals surface area contributed by atoms with Gasteiger partial charge in [-0.25, -0.2) is 0 Å². The van der Waals surface area contributed by atoms with Crippen LogP contribution in [0.1, 0.15) is 109 Å². The first-order valence-corrected chi connectivity index (χ1v) is 11.7. The average Bonchev–Trinajstić information content (AvgIpc) is 2.66. The van der Waals surface area contributed by atoms with Gasteiger partial charge in [-0.15, -0.1) is 0 Å². The normalized spacial score (nSPS) is 7.76. The van der Waals surface area contributed by atoms with Crippen molar-refractivity contribution >= 4 is 0 Å². The van der Waals surface area contributed by atoms with Crippen molar-refractivity contribution in [2.24, 2.45) is 0 Å². The predicted octanol–water partition coefficient (Wildman–Crippen LogP) is 3.10. The number of aliphatic hydroxyl groups is 8. The largest absolute Gasteiger partial charge is 0.396 e. The van der Waals surface area contributed by atoms with Crippen molar-refractivity contribution in [2.75, 3.05) is 26.4 Å². The standard InChI is InChI=1S/8C3H8O.2Ti/c4*1-3(2)4;4*1-2-3-4;;/h4*3-4H,1-2H3;4*4H,2-3H2,1H3;;. The van der Waals surface area contributed by atoms with Crippen LogP contribution in [-0.4, -0.2) is 91.7 Å². The Morgan fingerprint density at radius 2 is 0.382 bits per heavy atom. The smallest absolute Gasteiger partial charge is 0.0483 e. The molecule has 0 aromatic rings. The molecule has 0 radical (unpaired) electrons. The fourth-order valence-electron chi connectivity index (χ4n) is 0. The minimum absolute atomic E-state index is 0. The Morgan fingerprint density at radius 3 is 0.382 bits per heavy atom. The molecule has 0 aromatic carbocycles. The van der Waals surface area contributed by atoms with Crippen LogP contribution in [0.15, 0.2) is 0 Å². The van der Waals surface area contributed by atoms with E-state index in [9.17, 15) is 0 Å². The van der Waals surface area contributed by atoms with Crippen molar-refractivity contribution in [1.29, 1.82) is 0 Å². The first-order chi connectivity index (χ1) is 14.6. The van der Waals surface area contributed by atoms with E-state index in [1.807, 2.05) is 27.7 Å². The molecule has 0 aliphatic rings. The summed E-state index contributed by atoms with van der Waals surface area (Å²) in [5.41, 5.74) is 0. The second kappa shape index (κ2) is 83.9. The van der Waals surface area contributed by atoms with Gasteiger partial charge < -0.3 is 40.9 Å². The summed E-state index contributed by atoms with van der Waals surface area (Å²) in [5, 5.41) is 63.7. The maximum atomic E-state index is 8.06. The first-order valence-electron chi connectivity index (χ1n) is 11.7. The Bertz CT molecular complexity index is 143. The van der Waals surface area contributed by atoms with E-state index >= 15 is 0 Å². The van der Waals surface area contributed by atoms with Crippen LogP contribution in [0.2, 0.25) is 0 Å².